The second-order valence-electron chi connectivity index (χ2n) is 7.83. The number of aromatic nitrogens is 2. The number of hydrogen-bond donors (Lipinski definition) is 2. The third kappa shape index (κ3) is 3.22. The first-order chi connectivity index (χ1) is 14.5. The zero-order valence-electron chi connectivity index (χ0n) is 16.8. The fourth-order valence-corrected chi connectivity index (χ4v) is 3.76. The van der Waals surface area contributed by atoms with Gasteiger partial charge in [0.25, 0.3) is 11.8 Å². The minimum absolute atomic E-state index is 0.207. The lowest BCUT2D eigenvalue weighted by atomic mass is 10.1. The summed E-state index contributed by atoms with van der Waals surface area (Å²) in [6.45, 7) is 3.73. The number of anilines is 2. The Morgan fingerprint density at radius 3 is 2.80 bits per heavy atom. The molecule has 1 fully saturated rings. The van der Waals surface area contributed by atoms with E-state index in [0.717, 1.165) is 29.8 Å². The van der Waals surface area contributed by atoms with Gasteiger partial charge in [-0.15, -0.1) is 0 Å². The molecule has 2 N–H and O–H groups in total. The molecule has 1 aliphatic carbocycles. The number of ether oxygens (including phenoxy) is 1. The maximum atomic E-state index is 13.1. The van der Waals surface area contributed by atoms with Gasteiger partial charge in [-0.05, 0) is 56.5 Å². The number of benzene rings is 2. The van der Waals surface area contributed by atoms with Gasteiger partial charge in [0.1, 0.15) is 5.75 Å². The van der Waals surface area contributed by atoms with Crippen LogP contribution in [0.1, 0.15) is 47.3 Å². The van der Waals surface area contributed by atoms with Crippen LogP contribution >= 0.6 is 0 Å². The number of nitrogens with one attached hydrogen (secondary N) is 2. The number of para-hydroxylation sites is 1. The number of amides is 2. The molecular formula is C23H22N4O3. The van der Waals surface area contributed by atoms with E-state index in [0.29, 0.717) is 28.6 Å². The van der Waals surface area contributed by atoms with Gasteiger partial charge in [0.15, 0.2) is 6.10 Å². The summed E-state index contributed by atoms with van der Waals surface area (Å²) in [6.07, 6.45) is 3.21. The summed E-state index contributed by atoms with van der Waals surface area (Å²) >= 11 is 0. The fourth-order valence-electron chi connectivity index (χ4n) is 3.76. The normalized spacial score (nSPS) is 17.7. The highest BCUT2D eigenvalue weighted by atomic mass is 16.5. The van der Waals surface area contributed by atoms with E-state index in [2.05, 4.69) is 15.7 Å². The number of fused-ring (bicyclic) bond motifs is 1. The summed E-state index contributed by atoms with van der Waals surface area (Å²) in [5.41, 5.74) is 4.75. The molecule has 7 nitrogen and oxygen atoms in total. The molecule has 7 heteroatoms. The van der Waals surface area contributed by atoms with Crippen LogP contribution in [0.4, 0.5) is 11.4 Å². The van der Waals surface area contributed by atoms with E-state index >= 15 is 0 Å². The highest BCUT2D eigenvalue weighted by molar-refractivity contribution is 6.06. The van der Waals surface area contributed by atoms with E-state index in [1.807, 2.05) is 35.9 Å². The summed E-state index contributed by atoms with van der Waals surface area (Å²) in [7, 11) is 0. The molecule has 2 aromatic carbocycles. The van der Waals surface area contributed by atoms with E-state index < -0.39 is 6.10 Å². The SMILES string of the molecule is Cc1ccccc1-n1ncc(C(=O)Nc2ccc3c(c2)NC(=O)C(C)O3)c1C1CC1. The predicted octanol–water partition coefficient (Wildman–Crippen LogP) is 4.03. The van der Waals surface area contributed by atoms with Gasteiger partial charge >= 0.3 is 0 Å². The van der Waals surface area contributed by atoms with Crippen LogP contribution in [-0.4, -0.2) is 27.7 Å². The molecule has 1 saturated carbocycles. The number of carbonyl (C=O) groups excluding carboxylic acids is 2. The zero-order valence-corrected chi connectivity index (χ0v) is 16.8. The minimum atomic E-state index is -0.536. The minimum Gasteiger partial charge on any atom is -0.479 e. The van der Waals surface area contributed by atoms with Crippen LogP contribution < -0.4 is 15.4 Å². The van der Waals surface area contributed by atoms with Crippen molar-refractivity contribution in [2.75, 3.05) is 10.6 Å². The van der Waals surface area contributed by atoms with Gasteiger partial charge in [-0.3, -0.25) is 9.59 Å². The molecule has 1 atom stereocenters. The smallest absolute Gasteiger partial charge is 0.265 e. The molecule has 152 valence electrons. The Balaban J connectivity index is 1.45. The van der Waals surface area contributed by atoms with Crippen molar-refractivity contribution in [1.29, 1.82) is 0 Å². The van der Waals surface area contributed by atoms with Crippen LogP contribution in [0, 0.1) is 6.92 Å². The van der Waals surface area contributed by atoms with Crippen LogP contribution in [0.15, 0.2) is 48.7 Å². The van der Waals surface area contributed by atoms with Crippen molar-refractivity contribution < 1.29 is 14.3 Å². The molecule has 2 heterocycles. The van der Waals surface area contributed by atoms with Crippen molar-refractivity contribution in [2.45, 2.75) is 38.7 Å². The summed E-state index contributed by atoms with van der Waals surface area (Å²) in [5.74, 6) is 0.506. The van der Waals surface area contributed by atoms with Crippen molar-refractivity contribution >= 4 is 23.2 Å². The standard InChI is InChI=1S/C23H22N4O3/c1-13-5-3-4-6-19(13)27-21(15-7-8-15)17(12-24-27)23(29)25-16-9-10-20-18(11-16)26-22(28)14(2)30-20/h3-6,9-12,14-15H,7-8H2,1-2H3,(H,25,29)(H,26,28). The molecule has 1 aromatic heterocycles. The number of carbonyl (C=O) groups is 2. The van der Waals surface area contributed by atoms with E-state index in [1.165, 1.54) is 0 Å². The molecule has 0 saturated heterocycles. The Labute approximate surface area is 174 Å². The van der Waals surface area contributed by atoms with Crippen molar-refractivity contribution in [2.24, 2.45) is 0 Å². The number of rotatable bonds is 4. The van der Waals surface area contributed by atoms with Gasteiger partial charge in [-0.1, -0.05) is 18.2 Å². The first-order valence-corrected chi connectivity index (χ1v) is 10.1. The molecule has 2 aliphatic rings. The highest BCUT2D eigenvalue weighted by Gasteiger charge is 2.33. The number of nitrogens with zero attached hydrogens (tertiary/aromatic N) is 2. The molecule has 0 spiro atoms. The maximum Gasteiger partial charge on any atom is 0.265 e. The molecule has 2 amide bonds. The van der Waals surface area contributed by atoms with Crippen molar-refractivity contribution in [3.63, 3.8) is 0 Å². The second kappa shape index (κ2) is 7.02. The van der Waals surface area contributed by atoms with Gasteiger partial charge in [0.05, 0.1) is 28.8 Å². The molecule has 0 radical (unpaired) electrons. The summed E-state index contributed by atoms with van der Waals surface area (Å²) < 4.78 is 7.47. The first-order valence-electron chi connectivity index (χ1n) is 10.1. The maximum absolute atomic E-state index is 13.1. The Bertz CT molecular complexity index is 1160. The summed E-state index contributed by atoms with van der Waals surface area (Å²) in [5, 5.41) is 10.3. The molecule has 1 unspecified atom stereocenters. The molecule has 3 aromatic rings. The molecule has 30 heavy (non-hydrogen) atoms. The van der Waals surface area contributed by atoms with Gasteiger partial charge in [0.2, 0.25) is 0 Å². The van der Waals surface area contributed by atoms with E-state index in [4.69, 9.17) is 4.74 Å². The average Bonchev–Trinajstić information content (AvgIpc) is 3.47. The Hall–Kier alpha value is -3.61. The van der Waals surface area contributed by atoms with Gasteiger partial charge in [-0.25, -0.2) is 4.68 Å². The predicted molar refractivity (Wildman–Crippen MR) is 113 cm³/mol. The first kappa shape index (κ1) is 18.4. The molecule has 0 bridgehead atoms. The molecule has 1 aliphatic heterocycles. The number of aryl methyl sites for hydroxylation is 1. The molecular weight excluding hydrogens is 380 g/mol. The third-order valence-corrected chi connectivity index (χ3v) is 5.53. The van der Waals surface area contributed by atoms with Crippen LogP contribution in [0.2, 0.25) is 0 Å². The largest absolute Gasteiger partial charge is 0.479 e. The topological polar surface area (TPSA) is 85.3 Å². The summed E-state index contributed by atoms with van der Waals surface area (Å²) in [6, 6.07) is 13.3. The Kier molecular flexibility index (Phi) is 4.31. The van der Waals surface area contributed by atoms with Crippen LogP contribution in [0.25, 0.3) is 5.69 Å². The Morgan fingerprint density at radius 2 is 2.03 bits per heavy atom. The van der Waals surface area contributed by atoms with Gasteiger partial charge in [-0.2, -0.15) is 5.10 Å². The lowest BCUT2D eigenvalue weighted by molar-refractivity contribution is -0.122. The quantitative estimate of drug-likeness (QED) is 0.690. The van der Waals surface area contributed by atoms with E-state index in [9.17, 15) is 9.59 Å². The van der Waals surface area contributed by atoms with Crippen LogP contribution in [0.3, 0.4) is 0 Å². The van der Waals surface area contributed by atoms with Crippen LogP contribution in [0.5, 0.6) is 5.75 Å². The van der Waals surface area contributed by atoms with E-state index in [-0.39, 0.29) is 11.8 Å². The van der Waals surface area contributed by atoms with Crippen molar-refractivity contribution in [1.82, 2.24) is 9.78 Å². The lowest BCUT2D eigenvalue weighted by Gasteiger charge is -2.23. The number of hydrogen-bond acceptors (Lipinski definition) is 4. The van der Waals surface area contributed by atoms with Crippen molar-refractivity contribution in [3.8, 4) is 11.4 Å². The highest BCUT2D eigenvalue weighted by Crippen LogP contribution is 2.43. The third-order valence-electron chi connectivity index (χ3n) is 5.53. The fraction of sp³-hybridized carbons (Fsp3) is 0.261. The summed E-state index contributed by atoms with van der Waals surface area (Å²) in [4.78, 5) is 25.0. The Morgan fingerprint density at radius 1 is 1.23 bits per heavy atom. The van der Waals surface area contributed by atoms with Crippen LogP contribution in [-0.2, 0) is 4.79 Å². The van der Waals surface area contributed by atoms with Crippen molar-refractivity contribution in [3.05, 3.63) is 65.5 Å². The van der Waals surface area contributed by atoms with Gasteiger partial charge < -0.3 is 15.4 Å². The monoisotopic (exact) mass is 402 g/mol. The lowest BCUT2D eigenvalue weighted by Crippen LogP contribution is -2.34. The zero-order chi connectivity index (χ0) is 20.8. The molecule has 5 rings (SSSR count). The van der Waals surface area contributed by atoms with E-state index in [1.54, 1.807) is 31.3 Å². The average molecular weight is 402 g/mol. The second-order valence-corrected chi connectivity index (χ2v) is 7.83. The van der Waals surface area contributed by atoms with Gasteiger partial charge in [0, 0.05) is 11.6 Å².